The summed E-state index contributed by atoms with van der Waals surface area (Å²) in [6, 6.07) is 8.82. The van der Waals surface area contributed by atoms with Crippen LogP contribution in [-0.4, -0.2) is 19.6 Å². The molecule has 4 heteroatoms. The van der Waals surface area contributed by atoms with Crippen LogP contribution in [0.25, 0.3) is 0 Å². The van der Waals surface area contributed by atoms with Gasteiger partial charge in [0.05, 0.1) is 18.2 Å². The van der Waals surface area contributed by atoms with Crippen molar-refractivity contribution in [3.63, 3.8) is 0 Å². The van der Waals surface area contributed by atoms with E-state index in [4.69, 9.17) is 4.42 Å². The van der Waals surface area contributed by atoms with Crippen LogP contribution in [0.5, 0.6) is 0 Å². The summed E-state index contributed by atoms with van der Waals surface area (Å²) in [7, 11) is 0. The fourth-order valence-corrected chi connectivity index (χ4v) is 2.00. The van der Waals surface area contributed by atoms with Gasteiger partial charge in [-0.3, -0.25) is 0 Å². The first-order valence-electron chi connectivity index (χ1n) is 6.52. The quantitative estimate of drug-likeness (QED) is 0.777. The molecule has 0 bridgehead atoms. The predicted octanol–water partition coefficient (Wildman–Crippen LogP) is 3.03. The number of benzene rings is 1. The van der Waals surface area contributed by atoms with Crippen LogP contribution >= 0.6 is 0 Å². The van der Waals surface area contributed by atoms with Gasteiger partial charge in [-0.25, -0.2) is 4.39 Å². The van der Waals surface area contributed by atoms with Crippen LogP contribution in [0.15, 0.2) is 47.3 Å². The Morgan fingerprint density at radius 2 is 2.11 bits per heavy atom. The maximum Gasteiger partial charge on any atom is 0.146 e. The third kappa shape index (κ3) is 3.83. The zero-order valence-corrected chi connectivity index (χ0v) is 11.1. The molecule has 2 rings (SSSR count). The Morgan fingerprint density at radius 1 is 1.26 bits per heavy atom. The van der Waals surface area contributed by atoms with Gasteiger partial charge in [-0.1, -0.05) is 12.1 Å². The first-order chi connectivity index (χ1) is 9.31. The lowest BCUT2D eigenvalue weighted by Gasteiger charge is -2.23. The van der Waals surface area contributed by atoms with Gasteiger partial charge in [0.2, 0.25) is 0 Å². The van der Waals surface area contributed by atoms with Crippen LogP contribution < -0.4 is 10.2 Å². The molecule has 0 saturated heterocycles. The molecule has 0 fully saturated rings. The molecular formula is C15H19FN2O. The van der Waals surface area contributed by atoms with E-state index >= 15 is 0 Å². The number of nitrogens with one attached hydrogen (secondary N) is 1. The number of hydrogen-bond donors (Lipinski definition) is 1. The van der Waals surface area contributed by atoms with Gasteiger partial charge >= 0.3 is 0 Å². The van der Waals surface area contributed by atoms with Gasteiger partial charge in [0.1, 0.15) is 5.82 Å². The lowest BCUT2D eigenvalue weighted by Crippen LogP contribution is -2.32. The Hall–Kier alpha value is -1.81. The van der Waals surface area contributed by atoms with Crippen LogP contribution in [0.3, 0.4) is 0 Å². The fraction of sp³-hybridized carbons (Fsp3) is 0.333. The summed E-state index contributed by atoms with van der Waals surface area (Å²) in [5.74, 6) is -0.167. The summed E-state index contributed by atoms with van der Waals surface area (Å²) >= 11 is 0. The molecule has 2 aromatic rings. The van der Waals surface area contributed by atoms with E-state index in [9.17, 15) is 4.39 Å². The van der Waals surface area contributed by atoms with Crippen LogP contribution in [-0.2, 0) is 6.54 Å². The lowest BCUT2D eigenvalue weighted by molar-refractivity contribution is 0.560. The SMILES string of the molecule is CCN(CCNCc1ccoc1)c1ccccc1F. The third-order valence-corrected chi connectivity index (χ3v) is 3.04. The molecule has 0 spiro atoms. The van der Waals surface area contributed by atoms with Gasteiger partial charge in [-0.05, 0) is 25.1 Å². The molecule has 3 nitrogen and oxygen atoms in total. The van der Waals surface area contributed by atoms with E-state index in [0.717, 1.165) is 31.7 Å². The van der Waals surface area contributed by atoms with E-state index in [0.29, 0.717) is 5.69 Å². The van der Waals surface area contributed by atoms with Gasteiger partial charge in [0, 0.05) is 31.7 Å². The normalized spacial score (nSPS) is 10.6. The van der Waals surface area contributed by atoms with Crippen molar-refractivity contribution in [2.75, 3.05) is 24.5 Å². The minimum absolute atomic E-state index is 0.167. The second-order valence-corrected chi connectivity index (χ2v) is 4.34. The molecule has 19 heavy (non-hydrogen) atoms. The van der Waals surface area contributed by atoms with E-state index in [-0.39, 0.29) is 5.82 Å². The molecule has 0 atom stereocenters. The number of anilines is 1. The van der Waals surface area contributed by atoms with Gasteiger partial charge in [0.25, 0.3) is 0 Å². The first kappa shape index (κ1) is 13.6. The average molecular weight is 262 g/mol. The van der Waals surface area contributed by atoms with Gasteiger partial charge < -0.3 is 14.6 Å². The Balaban J connectivity index is 1.81. The Kier molecular flexibility index (Phi) is 4.98. The van der Waals surface area contributed by atoms with Crippen molar-refractivity contribution >= 4 is 5.69 Å². The fourth-order valence-electron chi connectivity index (χ4n) is 2.00. The highest BCUT2D eigenvalue weighted by Crippen LogP contribution is 2.17. The average Bonchev–Trinajstić information content (AvgIpc) is 2.93. The molecular weight excluding hydrogens is 243 g/mol. The number of likely N-dealkylation sites (N-methyl/N-ethyl adjacent to an activating group) is 1. The van der Waals surface area contributed by atoms with Crippen LogP contribution in [0.2, 0.25) is 0 Å². The molecule has 0 aliphatic heterocycles. The molecule has 0 unspecified atom stereocenters. The molecule has 0 amide bonds. The molecule has 102 valence electrons. The van der Waals surface area contributed by atoms with Crippen molar-refractivity contribution < 1.29 is 8.81 Å². The van der Waals surface area contributed by atoms with Crippen LogP contribution in [0.1, 0.15) is 12.5 Å². The predicted molar refractivity (Wildman–Crippen MR) is 74.7 cm³/mol. The van der Waals surface area contributed by atoms with E-state index < -0.39 is 0 Å². The molecule has 1 aromatic carbocycles. The van der Waals surface area contributed by atoms with Crippen LogP contribution in [0.4, 0.5) is 10.1 Å². The zero-order chi connectivity index (χ0) is 13.5. The molecule has 0 aliphatic carbocycles. The second-order valence-electron chi connectivity index (χ2n) is 4.34. The summed E-state index contributed by atoms with van der Waals surface area (Å²) in [5.41, 5.74) is 1.78. The summed E-state index contributed by atoms with van der Waals surface area (Å²) in [6.07, 6.45) is 3.39. The van der Waals surface area contributed by atoms with E-state index in [1.165, 1.54) is 6.07 Å². The number of furan rings is 1. The summed E-state index contributed by atoms with van der Waals surface area (Å²) in [6.45, 7) is 5.16. The van der Waals surface area contributed by atoms with Crippen molar-refractivity contribution in [3.8, 4) is 0 Å². The van der Waals surface area contributed by atoms with Gasteiger partial charge in [-0.2, -0.15) is 0 Å². The summed E-state index contributed by atoms with van der Waals surface area (Å²) in [4.78, 5) is 2.03. The van der Waals surface area contributed by atoms with Crippen molar-refractivity contribution in [2.24, 2.45) is 0 Å². The molecule has 1 N–H and O–H groups in total. The molecule has 0 saturated carbocycles. The molecule has 0 radical (unpaired) electrons. The largest absolute Gasteiger partial charge is 0.472 e. The van der Waals surface area contributed by atoms with Gasteiger partial charge in [0.15, 0.2) is 0 Å². The first-order valence-corrected chi connectivity index (χ1v) is 6.52. The number of rotatable bonds is 7. The smallest absolute Gasteiger partial charge is 0.146 e. The molecule has 1 heterocycles. The maximum atomic E-state index is 13.7. The minimum atomic E-state index is -0.167. The van der Waals surface area contributed by atoms with Crippen molar-refractivity contribution in [3.05, 3.63) is 54.2 Å². The van der Waals surface area contributed by atoms with Crippen molar-refractivity contribution in [2.45, 2.75) is 13.5 Å². The topological polar surface area (TPSA) is 28.4 Å². The Bertz CT molecular complexity index is 485. The van der Waals surface area contributed by atoms with Gasteiger partial charge in [-0.15, -0.1) is 0 Å². The zero-order valence-electron chi connectivity index (χ0n) is 11.1. The van der Waals surface area contributed by atoms with E-state index in [2.05, 4.69) is 5.32 Å². The number of nitrogens with zero attached hydrogens (tertiary/aromatic N) is 1. The second kappa shape index (κ2) is 6.95. The highest BCUT2D eigenvalue weighted by Gasteiger charge is 2.08. The molecule has 1 aromatic heterocycles. The van der Waals surface area contributed by atoms with Crippen molar-refractivity contribution in [1.29, 1.82) is 0 Å². The number of halogens is 1. The highest BCUT2D eigenvalue weighted by atomic mass is 19.1. The maximum absolute atomic E-state index is 13.7. The van der Waals surface area contributed by atoms with E-state index in [1.807, 2.05) is 30.0 Å². The monoisotopic (exact) mass is 262 g/mol. The highest BCUT2D eigenvalue weighted by molar-refractivity contribution is 5.47. The van der Waals surface area contributed by atoms with Crippen molar-refractivity contribution in [1.82, 2.24) is 5.32 Å². The Morgan fingerprint density at radius 3 is 2.79 bits per heavy atom. The number of para-hydroxylation sites is 1. The summed E-state index contributed by atoms with van der Waals surface area (Å²) in [5, 5.41) is 3.32. The minimum Gasteiger partial charge on any atom is -0.472 e. The van der Waals surface area contributed by atoms with E-state index in [1.54, 1.807) is 18.6 Å². The molecule has 0 aliphatic rings. The summed E-state index contributed by atoms with van der Waals surface area (Å²) < 4.78 is 18.7. The van der Waals surface area contributed by atoms with Crippen LogP contribution in [0, 0.1) is 5.82 Å². The lowest BCUT2D eigenvalue weighted by atomic mass is 10.2. The standard InChI is InChI=1S/C15H19FN2O/c1-2-18(15-6-4-3-5-14(15)16)9-8-17-11-13-7-10-19-12-13/h3-7,10,12,17H,2,8-9,11H2,1H3. The third-order valence-electron chi connectivity index (χ3n) is 3.04. The number of hydrogen-bond acceptors (Lipinski definition) is 3. The Labute approximate surface area is 113 Å².